The summed E-state index contributed by atoms with van der Waals surface area (Å²) in [5, 5.41) is 10.7. The van der Waals surface area contributed by atoms with Gasteiger partial charge in [0.15, 0.2) is 0 Å². The summed E-state index contributed by atoms with van der Waals surface area (Å²) in [6.45, 7) is 7.48. The van der Waals surface area contributed by atoms with Crippen LogP contribution < -0.4 is 5.11 Å². The normalized spacial score (nSPS) is 45.4. The summed E-state index contributed by atoms with van der Waals surface area (Å²) in [7, 11) is 0. The van der Waals surface area contributed by atoms with Gasteiger partial charge in [0.2, 0.25) is 0 Å². The van der Waals surface area contributed by atoms with E-state index >= 15 is 0 Å². The van der Waals surface area contributed by atoms with E-state index in [0.717, 1.165) is 12.3 Å². The van der Waals surface area contributed by atoms with Gasteiger partial charge in [-0.1, -0.05) is 31.9 Å². The number of carboxylic acids is 1. The van der Waals surface area contributed by atoms with Crippen LogP contribution in [0.3, 0.4) is 0 Å². The average molecular weight is 374 g/mol. The molecular formula is C23H33O4-. The molecule has 0 amide bonds. The molecule has 3 saturated carbocycles. The van der Waals surface area contributed by atoms with Crippen LogP contribution in [0, 0.1) is 34.0 Å². The molecule has 27 heavy (non-hydrogen) atoms. The minimum absolute atomic E-state index is 0.0530. The highest BCUT2D eigenvalue weighted by atomic mass is 16.5. The maximum Gasteiger partial charge on any atom is 0.311 e. The molecule has 2 bridgehead atoms. The average Bonchev–Trinajstić information content (AvgIpc) is 2.98. The number of carboxylic acid groups (broad SMARTS) is 1. The van der Waals surface area contributed by atoms with E-state index in [0.29, 0.717) is 23.9 Å². The van der Waals surface area contributed by atoms with Crippen molar-refractivity contribution >= 4 is 11.9 Å². The lowest BCUT2D eigenvalue weighted by atomic mass is 9.39. The van der Waals surface area contributed by atoms with E-state index in [9.17, 15) is 14.7 Å². The van der Waals surface area contributed by atoms with Crippen LogP contribution >= 0.6 is 0 Å². The molecule has 0 aromatic heterocycles. The van der Waals surface area contributed by atoms with Gasteiger partial charge in [0.25, 0.3) is 0 Å². The number of hydrogen-bond donors (Lipinski definition) is 0. The molecule has 4 nitrogen and oxygen atoms in total. The minimum atomic E-state index is -1.36. The molecule has 3 fully saturated rings. The number of allylic oxidation sites excluding steroid dienone is 2. The first-order valence-corrected chi connectivity index (χ1v) is 10.7. The first-order chi connectivity index (χ1) is 12.7. The summed E-state index contributed by atoms with van der Waals surface area (Å²) in [6, 6.07) is 0. The van der Waals surface area contributed by atoms with E-state index in [1.807, 2.05) is 0 Å². The first-order valence-electron chi connectivity index (χ1n) is 10.7. The van der Waals surface area contributed by atoms with Crippen molar-refractivity contribution < 1.29 is 19.4 Å². The monoisotopic (exact) mass is 373 g/mol. The van der Waals surface area contributed by atoms with Crippen LogP contribution in [-0.2, 0) is 14.3 Å². The molecule has 4 heteroatoms. The lowest BCUT2D eigenvalue weighted by Crippen LogP contribution is -2.59. The molecule has 0 saturated heterocycles. The third-order valence-corrected chi connectivity index (χ3v) is 9.18. The fourth-order valence-electron chi connectivity index (χ4n) is 7.89. The summed E-state index contributed by atoms with van der Waals surface area (Å²) in [5.74, 6) is -0.00500. The lowest BCUT2D eigenvalue weighted by Gasteiger charge is -2.65. The SMILES string of the molecule is CC1=C[C@H]2CC[C@H]3[C@](C)(COC(=O)CC(=O)[O-])CCC[C@@]3(C)[C@]23CC[C@H]1C3. The molecule has 4 rings (SSSR count). The third kappa shape index (κ3) is 2.77. The molecule has 1 spiro atoms. The fraction of sp³-hybridized carbons (Fsp3) is 0.826. The highest BCUT2D eigenvalue weighted by Gasteiger charge is 2.65. The van der Waals surface area contributed by atoms with Crippen molar-refractivity contribution in [2.75, 3.05) is 6.61 Å². The summed E-state index contributed by atoms with van der Waals surface area (Å²) >= 11 is 0. The van der Waals surface area contributed by atoms with Crippen LogP contribution in [0.25, 0.3) is 0 Å². The Morgan fingerprint density at radius 1 is 1.19 bits per heavy atom. The molecule has 0 heterocycles. The summed E-state index contributed by atoms with van der Waals surface area (Å²) in [6.07, 6.45) is 11.9. The summed E-state index contributed by atoms with van der Waals surface area (Å²) in [5.41, 5.74) is 2.26. The zero-order chi connectivity index (χ0) is 19.4. The number of hydrogen-bond acceptors (Lipinski definition) is 4. The highest BCUT2D eigenvalue weighted by Crippen LogP contribution is 2.73. The maximum absolute atomic E-state index is 11.8. The van der Waals surface area contributed by atoms with Crippen molar-refractivity contribution in [2.45, 2.75) is 78.6 Å². The second-order valence-electron chi connectivity index (χ2n) is 10.4. The van der Waals surface area contributed by atoms with Crippen molar-refractivity contribution in [1.29, 1.82) is 0 Å². The van der Waals surface area contributed by atoms with Crippen LogP contribution in [0.5, 0.6) is 0 Å². The molecule has 0 N–H and O–H groups in total. The molecule has 0 aliphatic heterocycles. The topological polar surface area (TPSA) is 66.4 Å². The van der Waals surface area contributed by atoms with Gasteiger partial charge >= 0.3 is 5.97 Å². The molecule has 0 unspecified atom stereocenters. The molecule has 0 radical (unpaired) electrons. The Kier molecular flexibility index (Phi) is 4.47. The van der Waals surface area contributed by atoms with Crippen molar-refractivity contribution in [3.63, 3.8) is 0 Å². The number of fused-ring (bicyclic) bond motifs is 2. The van der Waals surface area contributed by atoms with Crippen molar-refractivity contribution in [2.24, 2.45) is 34.0 Å². The molecule has 4 aliphatic carbocycles. The Balaban J connectivity index is 1.59. The van der Waals surface area contributed by atoms with Gasteiger partial charge < -0.3 is 14.6 Å². The van der Waals surface area contributed by atoms with E-state index < -0.39 is 18.4 Å². The van der Waals surface area contributed by atoms with Crippen LogP contribution in [-0.4, -0.2) is 18.5 Å². The Hall–Kier alpha value is -1.32. The van der Waals surface area contributed by atoms with Crippen LogP contribution in [0.4, 0.5) is 0 Å². The number of esters is 1. The van der Waals surface area contributed by atoms with Gasteiger partial charge in [-0.25, -0.2) is 0 Å². The van der Waals surface area contributed by atoms with Gasteiger partial charge in [-0.15, -0.1) is 0 Å². The van der Waals surface area contributed by atoms with Crippen LogP contribution in [0.1, 0.15) is 78.6 Å². The smallest absolute Gasteiger partial charge is 0.311 e. The van der Waals surface area contributed by atoms with Gasteiger partial charge in [0.05, 0.1) is 19.0 Å². The van der Waals surface area contributed by atoms with Crippen molar-refractivity contribution in [3.05, 3.63) is 11.6 Å². The minimum Gasteiger partial charge on any atom is -0.550 e. The molecule has 150 valence electrons. The number of ether oxygens (including phenoxy) is 1. The number of carbonyl (C=O) groups excluding carboxylic acids is 2. The summed E-state index contributed by atoms with van der Waals surface area (Å²) < 4.78 is 5.45. The second-order valence-corrected chi connectivity index (χ2v) is 10.4. The number of rotatable bonds is 4. The predicted molar refractivity (Wildman–Crippen MR) is 100 cm³/mol. The number of aliphatic carboxylic acids is 1. The van der Waals surface area contributed by atoms with E-state index in [4.69, 9.17) is 4.74 Å². The Morgan fingerprint density at radius 3 is 2.70 bits per heavy atom. The van der Waals surface area contributed by atoms with Crippen LogP contribution in [0.2, 0.25) is 0 Å². The largest absolute Gasteiger partial charge is 0.550 e. The Bertz CT molecular complexity index is 682. The van der Waals surface area contributed by atoms with E-state index in [2.05, 4.69) is 26.8 Å². The summed E-state index contributed by atoms with van der Waals surface area (Å²) in [4.78, 5) is 22.5. The molecule has 6 atom stereocenters. The standard InChI is InChI=1S/C23H34O4/c1-15-11-17-5-6-18-21(2,14-27-20(26)12-19(24)25)8-4-9-22(18,3)23(17)10-7-16(15)13-23/h11,16-18H,4-10,12-14H2,1-3H3,(H,24,25)/p-1/t16-,17+,18-,21-,22+,23-/m0/s1. The predicted octanol–water partition coefficient (Wildman–Crippen LogP) is 3.64. The molecular weight excluding hydrogens is 340 g/mol. The van der Waals surface area contributed by atoms with Crippen molar-refractivity contribution in [3.8, 4) is 0 Å². The van der Waals surface area contributed by atoms with E-state index in [1.165, 1.54) is 44.9 Å². The zero-order valence-corrected chi connectivity index (χ0v) is 17.0. The maximum atomic E-state index is 11.8. The fourth-order valence-corrected chi connectivity index (χ4v) is 7.89. The highest BCUT2D eigenvalue weighted by molar-refractivity contribution is 5.89. The number of carbonyl (C=O) groups is 2. The van der Waals surface area contributed by atoms with Crippen LogP contribution in [0.15, 0.2) is 11.6 Å². The van der Waals surface area contributed by atoms with E-state index in [1.54, 1.807) is 5.57 Å². The van der Waals surface area contributed by atoms with Gasteiger partial charge in [-0.05, 0) is 80.5 Å². The Morgan fingerprint density at radius 2 is 1.96 bits per heavy atom. The quantitative estimate of drug-likeness (QED) is 0.429. The second kappa shape index (κ2) is 6.35. The molecule has 0 aromatic carbocycles. The first kappa shape index (κ1) is 19.0. The molecule has 4 aliphatic rings. The Labute approximate surface area is 162 Å². The van der Waals surface area contributed by atoms with Crippen molar-refractivity contribution in [1.82, 2.24) is 0 Å². The lowest BCUT2D eigenvalue weighted by molar-refractivity contribution is -0.305. The van der Waals surface area contributed by atoms with E-state index in [-0.39, 0.29) is 10.8 Å². The van der Waals surface area contributed by atoms with Gasteiger partial charge in [0, 0.05) is 5.41 Å². The zero-order valence-electron chi connectivity index (χ0n) is 17.0. The van der Waals surface area contributed by atoms with Gasteiger partial charge in [-0.3, -0.25) is 4.79 Å². The third-order valence-electron chi connectivity index (χ3n) is 9.18. The van der Waals surface area contributed by atoms with Gasteiger partial charge in [0.1, 0.15) is 0 Å². The molecule has 0 aromatic rings. The van der Waals surface area contributed by atoms with Gasteiger partial charge in [-0.2, -0.15) is 0 Å².